The third-order valence-corrected chi connectivity index (χ3v) is 3.35. The maximum absolute atomic E-state index is 11.1. The standard InChI is InChI=1S/C18H22N2O5/c19-18(23)16-10-15(6-7-17(16)22)24-9-8-20-11-13(21)12-25-14-4-2-1-3-5-14/h1-7,10,13,20-22H,8-9,11-12H2,(H2,19,23). The SMILES string of the molecule is NC(=O)c1cc(OCCNCC(O)COc2ccccc2)ccc1O. The molecule has 25 heavy (non-hydrogen) atoms. The van der Waals surface area contributed by atoms with Gasteiger partial charge >= 0.3 is 0 Å². The van der Waals surface area contributed by atoms with E-state index in [0.29, 0.717) is 31.2 Å². The van der Waals surface area contributed by atoms with Gasteiger partial charge in [0.2, 0.25) is 0 Å². The maximum atomic E-state index is 11.1. The number of hydrogen-bond acceptors (Lipinski definition) is 6. The van der Waals surface area contributed by atoms with E-state index in [2.05, 4.69) is 5.32 Å². The molecule has 2 aromatic carbocycles. The second-order valence-corrected chi connectivity index (χ2v) is 5.37. The van der Waals surface area contributed by atoms with Crippen LogP contribution in [0.4, 0.5) is 0 Å². The van der Waals surface area contributed by atoms with Crippen molar-refractivity contribution in [3.05, 3.63) is 54.1 Å². The number of aliphatic hydroxyl groups is 1. The fourth-order valence-electron chi connectivity index (χ4n) is 2.08. The van der Waals surface area contributed by atoms with Crippen molar-refractivity contribution < 1.29 is 24.5 Å². The Morgan fingerprint density at radius 1 is 1.12 bits per heavy atom. The maximum Gasteiger partial charge on any atom is 0.252 e. The van der Waals surface area contributed by atoms with Crippen LogP contribution in [0.2, 0.25) is 0 Å². The largest absolute Gasteiger partial charge is 0.507 e. The lowest BCUT2D eigenvalue weighted by atomic mass is 10.2. The van der Waals surface area contributed by atoms with Crippen LogP contribution in [-0.4, -0.2) is 48.5 Å². The van der Waals surface area contributed by atoms with Crippen LogP contribution >= 0.6 is 0 Å². The number of carbonyl (C=O) groups excluding carboxylic acids is 1. The molecule has 0 aliphatic rings. The highest BCUT2D eigenvalue weighted by molar-refractivity contribution is 5.95. The number of phenols is 1. The lowest BCUT2D eigenvalue weighted by Crippen LogP contribution is -2.33. The first-order chi connectivity index (χ1) is 12.1. The zero-order chi connectivity index (χ0) is 18.1. The van der Waals surface area contributed by atoms with Crippen molar-refractivity contribution in [2.75, 3.05) is 26.3 Å². The van der Waals surface area contributed by atoms with Crippen LogP contribution in [0.5, 0.6) is 17.2 Å². The number of nitrogens with two attached hydrogens (primary N) is 1. The molecule has 1 amide bonds. The van der Waals surface area contributed by atoms with Gasteiger partial charge in [-0.2, -0.15) is 0 Å². The second kappa shape index (κ2) is 9.51. The molecule has 134 valence electrons. The van der Waals surface area contributed by atoms with E-state index in [4.69, 9.17) is 15.2 Å². The fraction of sp³-hybridized carbons (Fsp3) is 0.278. The molecule has 5 N–H and O–H groups in total. The van der Waals surface area contributed by atoms with Crippen molar-refractivity contribution >= 4 is 5.91 Å². The lowest BCUT2D eigenvalue weighted by Gasteiger charge is -2.13. The molecule has 0 bridgehead atoms. The Balaban J connectivity index is 1.63. The van der Waals surface area contributed by atoms with Crippen LogP contribution in [0.3, 0.4) is 0 Å². The summed E-state index contributed by atoms with van der Waals surface area (Å²) < 4.78 is 10.9. The first-order valence-electron chi connectivity index (χ1n) is 7.88. The summed E-state index contributed by atoms with van der Waals surface area (Å²) >= 11 is 0. The zero-order valence-corrected chi connectivity index (χ0v) is 13.7. The molecule has 0 radical (unpaired) electrons. The van der Waals surface area contributed by atoms with Crippen LogP contribution in [-0.2, 0) is 0 Å². The third-order valence-electron chi connectivity index (χ3n) is 3.35. The van der Waals surface area contributed by atoms with Gasteiger partial charge in [-0.15, -0.1) is 0 Å². The summed E-state index contributed by atoms with van der Waals surface area (Å²) in [4.78, 5) is 11.1. The number of primary amides is 1. The molecule has 0 heterocycles. The average molecular weight is 346 g/mol. The first-order valence-corrected chi connectivity index (χ1v) is 7.88. The van der Waals surface area contributed by atoms with Crippen LogP contribution in [0.25, 0.3) is 0 Å². The smallest absolute Gasteiger partial charge is 0.252 e. The molecule has 0 aliphatic carbocycles. The quantitative estimate of drug-likeness (QED) is 0.475. The Bertz CT molecular complexity index is 678. The van der Waals surface area contributed by atoms with E-state index in [1.807, 2.05) is 30.3 Å². The van der Waals surface area contributed by atoms with Crippen molar-refractivity contribution in [2.45, 2.75) is 6.10 Å². The average Bonchev–Trinajstić information content (AvgIpc) is 2.61. The van der Waals surface area contributed by atoms with Gasteiger partial charge in [0.1, 0.15) is 36.6 Å². The number of ether oxygens (including phenoxy) is 2. The van der Waals surface area contributed by atoms with Gasteiger partial charge in [0.05, 0.1) is 5.56 Å². The van der Waals surface area contributed by atoms with Gasteiger partial charge in [0, 0.05) is 13.1 Å². The van der Waals surface area contributed by atoms with Gasteiger partial charge < -0.3 is 30.7 Å². The number of hydrogen-bond donors (Lipinski definition) is 4. The predicted octanol–water partition coefficient (Wildman–Crippen LogP) is 0.899. The molecule has 0 saturated carbocycles. The Hall–Kier alpha value is -2.77. The fourth-order valence-corrected chi connectivity index (χ4v) is 2.08. The van der Waals surface area contributed by atoms with Gasteiger partial charge in [-0.05, 0) is 30.3 Å². The third kappa shape index (κ3) is 6.33. The van der Waals surface area contributed by atoms with E-state index in [9.17, 15) is 15.0 Å². The van der Waals surface area contributed by atoms with Gasteiger partial charge in [-0.25, -0.2) is 0 Å². The number of aromatic hydroxyl groups is 1. The van der Waals surface area contributed by atoms with E-state index in [0.717, 1.165) is 0 Å². The highest BCUT2D eigenvalue weighted by Crippen LogP contribution is 2.22. The minimum absolute atomic E-state index is 0.0129. The van der Waals surface area contributed by atoms with Gasteiger partial charge in [0.25, 0.3) is 5.91 Å². The number of benzene rings is 2. The second-order valence-electron chi connectivity index (χ2n) is 5.37. The molecule has 0 aromatic heterocycles. The topological polar surface area (TPSA) is 114 Å². The van der Waals surface area contributed by atoms with Crippen molar-refractivity contribution in [3.8, 4) is 17.2 Å². The molecule has 0 aliphatic heterocycles. The highest BCUT2D eigenvalue weighted by Gasteiger charge is 2.09. The highest BCUT2D eigenvalue weighted by atomic mass is 16.5. The Morgan fingerprint density at radius 3 is 2.60 bits per heavy atom. The lowest BCUT2D eigenvalue weighted by molar-refractivity contribution is 0.0996. The number of aliphatic hydroxyl groups excluding tert-OH is 1. The molecule has 0 spiro atoms. The van der Waals surface area contributed by atoms with E-state index in [1.54, 1.807) is 6.07 Å². The normalized spacial score (nSPS) is 11.7. The first kappa shape index (κ1) is 18.6. The van der Waals surface area contributed by atoms with E-state index < -0.39 is 12.0 Å². The van der Waals surface area contributed by atoms with Crippen LogP contribution in [0.15, 0.2) is 48.5 Å². The van der Waals surface area contributed by atoms with E-state index in [-0.39, 0.29) is 17.9 Å². The number of para-hydroxylation sites is 1. The Morgan fingerprint density at radius 2 is 1.88 bits per heavy atom. The van der Waals surface area contributed by atoms with Crippen molar-refractivity contribution in [1.82, 2.24) is 5.32 Å². The molecule has 2 aromatic rings. The Labute approximate surface area is 146 Å². The number of amides is 1. The van der Waals surface area contributed by atoms with Crippen molar-refractivity contribution in [1.29, 1.82) is 0 Å². The molecule has 1 unspecified atom stereocenters. The molecule has 7 heteroatoms. The molecular formula is C18H22N2O5. The summed E-state index contributed by atoms with van der Waals surface area (Å²) in [6.45, 7) is 1.38. The molecule has 0 fully saturated rings. The minimum atomic E-state index is -0.720. The van der Waals surface area contributed by atoms with Gasteiger partial charge in [-0.3, -0.25) is 4.79 Å². The van der Waals surface area contributed by atoms with Gasteiger partial charge in [0.15, 0.2) is 0 Å². The summed E-state index contributed by atoms with van der Waals surface area (Å²) in [6, 6.07) is 13.6. The summed E-state index contributed by atoms with van der Waals surface area (Å²) in [6.07, 6.45) is -0.643. The minimum Gasteiger partial charge on any atom is -0.507 e. The summed E-state index contributed by atoms with van der Waals surface area (Å²) in [5.41, 5.74) is 5.17. The molecule has 7 nitrogen and oxygen atoms in total. The molecule has 1 atom stereocenters. The number of carbonyl (C=O) groups is 1. The van der Waals surface area contributed by atoms with Gasteiger partial charge in [-0.1, -0.05) is 18.2 Å². The van der Waals surface area contributed by atoms with Crippen LogP contribution in [0, 0.1) is 0 Å². The summed E-state index contributed by atoms with van der Waals surface area (Å²) in [5.74, 6) is 0.242. The molecule has 0 saturated heterocycles. The van der Waals surface area contributed by atoms with Crippen LogP contribution < -0.4 is 20.5 Å². The Kier molecular flexibility index (Phi) is 7.06. The molecule has 2 rings (SSSR count). The van der Waals surface area contributed by atoms with E-state index in [1.165, 1.54) is 12.1 Å². The van der Waals surface area contributed by atoms with Crippen molar-refractivity contribution in [3.63, 3.8) is 0 Å². The number of nitrogens with one attached hydrogen (secondary N) is 1. The van der Waals surface area contributed by atoms with Crippen molar-refractivity contribution in [2.24, 2.45) is 5.73 Å². The summed E-state index contributed by atoms with van der Waals surface area (Å²) in [7, 11) is 0. The van der Waals surface area contributed by atoms with E-state index >= 15 is 0 Å². The molecular weight excluding hydrogens is 324 g/mol. The monoisotopic (exact) mass is 346 g/mol. The predicted molar refractivity (Wildman–Crippen MR) is 92.9 cm³/mol. The summed E-state index contributed by atoms with van der Waals surface area (Å²) in [5, 5.41) is 22.4. The zero-order valence-electron chi connectivity index (χ0n) is 13.7. The van der Waals surface area contributed by atoms with Crippen LogP contribution in [0.1, 0.15) is 10.4 Å². The number of rotatable bonds is 10.